The Hall–Kier alpha value is -2.77. The maximum atomic E-state index is 12.8. The predicted molar refractivity (Wildman–Crippen MR) is 103 cm³/mol. The van der Waals surface area contributed by atoms with Crippen LogP contribution in [0, 0.1) is 0 Å². The van der Waals surface area contributed by atoms with Gasteiger partial charge in [0.2, 0.25) is 6.04 Å². The van der Waals surface area contributed by atoms with Gasteiger partial charge in [0, 0.05) is 5.02 Å². The summed E-state index contributed by atoms with van der Waals surface area (Å²) in [6, 6.07) is 12.1. The number of hydrazone groups is 1. The lowest BCUT2D eigenvalue weighted by molar-refractivity contribution is -0.135. The summed E-state index contributed by atoms with van der Waals surface area (Å²) in [6.45, 7) is 1.80. The zero-order valence-electron chi connectivity index (χ0n) is 14.2. The smallest absolute Gasteiger partial charge is 0.357 e. The fourth-order valence-corrected chi connectivity index (χ4v) is 2.66. The minimum Gasteiger partial charge on any atom is -0.461 e. The number of benzene rings is 2. The SMILES string of the molecule is CCOC(=O)C1=NN(c2ccccc2)C(=O)[C@H]1N=Nc1cc(Cl)ccc1Cl. The van der Waals surface area contributed by atoms with Crippen LogP contribution >= 0.6 is 23.2 Å². The van der Waals surface area contributed by atoms with Crippen molar-refractivity contribution in [2.75, 3.05) is 11.6 Å². The molecule has 0 fully saturated rings. The van der Waals surface area contributed by atoms with Crippen molar-refractivity contribution in [2.45, 2.75) is 13.0 Å². The van der Waals surface area contributed by atoms with Gasteiger partial charge in [0.15, 0.2) is 5.71 Å². The molecule has 3 rings (SSSR count). The van der Waals surface area contributed by atoms with Crippen molar-refractivity contribution in [1.82, 2.24) is 0 Å². The van der Waals surface area contributed by atoms with Crippen LogP contribution in [0.1, 0.15) is 6.92 Å². The minimum atomic E-state index is -1.24. The largest absolute Gasteiger partial charge is 0.461 e. The van der Waals surface area contributed by atoms with Gasteiger partial charge in [0.25, 0.3) is 5.91 Å². The number of anilines is 1. The lowest BCUT2D eigenvalue weighted by Gasteiger charge is -2.11. The van der Waals surface area contributed by atoms with Gasteiger partial charge in [-0.15, -0.1) is 0 Å². The molecule has 0 spiro atoms. The number of hydrogen-bond donors (Lipinski definition) is 0. The van der Waals surface area contributed by atoms with Gasteiger partial charge in [-0.1, -0.05) is 41.4 Å². The Bertz CT molecular complexity index is 931. The molecule has 1 heterocycles. The van der Waals surface area contributed by atoms with Crippen LogP contribution in [0.4, 0.5) is 11.4 Å². The first kappa shape index (κ1) is 19.0. The summed E-state index contributed by atoms with van der Waals surface area (Å²) in [6.07, 6.45) is 0. The molecule has 0 aliphatic carbocycles. The number of carbonyl (C=O) groups excluding carboxylic acids is 2. The molecule has 1 aliphatic heterocycles. The zero-order chi connectivity index (χ0) is 19.4. The number of carbonyl (C=O) groups is 2. The number of ether oxygens (including phenoxy) is 1. The second-order valence-corrected chi connectivity index (χ2v) is 6.25. The third kappa shape index (κ3) is 4.15. The highest BCUT2D eigenvalue weighted by Gasteiger charge is 2.41. The van der Waals surface area contributed by atoms with Crippen LogP contribution in [0.2, 0.25) is 10.0 Å². The third-order valence-electron chi connectivity index (χ3n) is 3.58. The topological polar surface area (TPSA) is 83.7 Å². The number of azo groups is 1. The van der Waals surface area contributed by atoms with E-state index >= 15 is 0 Å². The standard InChI is InChI=1S/C18H14Cl2N4O3/c1-2-27-18(26)16-15(22-21-14-10-11(19)8-9-13(14)20)17(25)24(23-16)12-6-4-3-5-7-12/h3-10,15H,2H2,1H3/t15-/m0/s1. The molecule has 0 bridgehead atoms. The average Bonchev–Trinajstić information content (AvgIpc) is 3.00. The molecule has 1 atom stereocenters. The molecule has 9 heteroatoms. The van der Waals surface area contributed by atoms with E-state index in [0.29, 0.717) is 15.7 Å². The van der Waals surface area contributed by atoms with Gasteiger partial charge in [0.1, 0.15) is 5.69 Å². The fourth-order valence-electron chi connectivity index (χ4n) is 2.34. The number of nitrogens with zero attached hydrogens (tertiary/aromatic N) is 4. The summed E-state index contributed by atoms with van der Waals surface area (Å²) in [5, 5.41) is 13.9. The molecule has 1 aliphatic rings. The summed E-state index contributed by atoms with van der Waals surface area (Å²) in [5.74, 6) is -1.25. The van der Waals surface area contributed by atoms with Gasteiger partial charge < -0.3 is 4.74 Å². The first-order chi connectivity index (χ1) is 13.0. The lowest BCUT2D eigenvalue weighted by atomic mass is 10.2. The van der Waals surface area contributed by atoms with Crippen molar-refractivity contribution in [3.05, 3.63) is 58.6 Å². The van der Waals surface area contributed by atoms with Crippen LogP contribution < -0.4 is 5.01 Å². The van der Waals surface area contributed by atoms with Gasteiger partial charge in [-0.3, -0.25) is 4.79 Å². The zero-order valence-corrected chi connectivity index (χ0v) is 15.7. The van der Waals surface area contributed by atoms with Crippen molar-refractivity contribution in [1.29, 1.82) is 0 Å². The molecular formula is C18H14Cl2N4O3. The van der Waals surface area contributed by atoms with Crippen LogP contribution in [0.3, 0.4) is 0 Å². The maximum Gasteiger partial charge on any atom is 0.357 e. The molecule has 0 radical (unpaired) electrons. The first-order valence-electron chi connectivity index (χ1n) is 8.01. The van der Waals surface area contributed by atoms with Crippen molar-refractivity contribution < 1.29 is 14.3 Å². The monoisotopic (exact) mass is 404 g/mol. The average molecular weight is 405 g/mol. The van der Waals surface area contributed by atoms with Crippen molar-refractivity contribution in [3.8, 4) is 0 Å². The van der Waals surface area contributed by atoms with Gasteiger partial charge in [-0.2, -0.15) is 20.3 Å². The van der Waals surface area contributed by atoms with E-state index < -0.39 is 17.9 Å². The molecule has 0 saturated carbocycles. The van der Waals surface area contributed by atoms with Crippen molar-refractivity contribution in [2.24, 2.45) is 15.3 Å². The first-order valence-corrected chi connectivity index (χ1v) is 8.77. The molecule has 0 saturated heterocycles. The van der Waals surface area contributed by atoms with Crippen LogP contribution in [0.5, 0.6) is 0 Å². The van der Waals surface area contributed by atoms with E-state index in [4.69, 9.17) is 27.9 Å². The number of halogens is 2. The molecule has 138 valence electrons. The maximum absolute atomic E-state index is 12.8. The van der Waals surface area contributed by atoms with Crippen molar-refractivity contribution >= 4 is 52.2 Å². The van der Waals surface area contributed by atoms with Gasteiger partial charge in [-0.05, 0) is 37.3 Å². The second-order valence-electron chi connectivity index (χ2n) is 5.41. The Morgan fingerprint density at radius 2 is 1.96 bits per heavy atom. The molecule has 0 N–H and O–H groups in total. The van der Waals surface area contributed by atoms with E-state index in [1.165, 1.54) is 6.07 Å². The van der Waals surface area contributed by atoms with E-state index in [-0.39, 0.29) is 18.0 Å². The minimum absolute atomic E-state index is 0.140. The van der Waals surface area contributed by atoms with Crippen LogP contribution in [0.25, 0.3) is 0 Å². The third-order valence-corrected chi connectivity index (χ3v) is 4.14. The van der Waals surface area contributed by atoms with E-state index in [2.05, 4.69) is 15.3 Å². The summed E-state index contributed by atoms with van der Waals surface area (Å²) in [4.78, 5) is 25.0. The van der Waals surface area contributed by atoms with Gasteiger partial charge >= 0.3 is 5.97 Å². The fraction of sp³-hybridized carbons (Fsp3) is 0.167. The normalized spacial score (nSPS) is 16.7. The Labute approximate surface area is 165 Å². The Kier molecular flexibility index (Phi) is 5.83. The highest BCUT2D eigenvalue weighted by Crippen LogP contribution is 2.30. The summed E-state index contributed by atoms with van der Waals surface area (Å²) in [5.41, 5.74) is 0.633. The molecule has 27 heavy (non-hydrogen) atoms. The number of esters is 1. The molecule has 0 unspecified atom stereocenters. The summed E-state index contributed by atoms with van der Waals surface area (Å²) in [7, 11) is 0. The number of rotatable bonds is 5. The molecule has 2 aromatic rings. The van der Waals surface area contributed by atoms with E-state index in [0.717, 1.165) is 5.01 Å². The highest BCUT2D eigenvalue weighted by atomic mass is 35.5. The number of para-hydroxylation sites is 1. The van der Waals surface area contributed by atoms with Gasteiger partial charge in [0.05, 0.1) is 17.3 Å². The number of hydrogen-bond acceptors (Lipinski definition) is 6. The second kappa shape index (κ2) is 8.28. The Balaban J connectivity index is 1.95. The van der Waals surface area contributed by atoms with E-state index in [9.17, 15) is 9.59 Å². The molecule has 7 nitrogen and oxygen atoms in total. The Morgan fingerprint density at radius 3 is 2.67 bits per heavy atom. The van der Waals surface area contributed by atoms with Crippen molar-refractivity contribution in [3.63, 3.8) is 0 Å². The van der Waals surface area contributed by atoms with E-state index in [1.807, 2.05) is 0 Å². The molecule has 0 aromatic heterocycles. The van der Waals surface area contributed by atoms with Crippen LogP contribution in [0.15, 0.2) is 63.9 Å². The van der Waals surface area contributed by atoms with Gasteiger partial charge in [-0.25, -0.2) is 4.79 Å². The lowest BCUT2D eigenvalue weighted by Crippen LogP contribution is -2.33. The number of amides is 1. The predicted octanol–water partition coefficient (Wildman–Crippen LogP) is 4.41. The quantitative estimate of drug-likeness (QED) is 0.546. The molecule has 2 aromatic carbocycles. The highest BCUT2D eigenvalue weighted by molar-refractivity contribution is 6.46. The Morgan fingerprint density at radius 1 is 1.22 bits per heavy atom. The van der Waals surface area contributed by atoms with Crippen LogP contribution in [-0.4, -0.2) is 30.2 Å². The summed E-state index contributed by atoms with van der Waals surface area (Å²) >= 11 is 12.0. The van der Waals surface area contributed by atoms with Crippen LogP contribution in [-0.2, 0) is 14.3 Å². The molecule has 1 amide bonds. The molecular weight excluding hydrogens is 391 g/mol. The van der Waals surface area contributed by atoms with E-state index in [1.54, 1.807) is 49.4 Å². The summed E-state index contributed by atoms with van der Waals surface area (Å²) < 4.78 is 4.99.